The molecule has 3 amide bonds. The summed E-state index contributed by atoms with van der Waals surface area (Å²) in [7, 11) is 0. The number of imide groups is 1. The zero-order valence-electron chi connectivity index (χ0n) is 14.8. The SMILES string of the molecule is CC(C)NC(=O)NC(=O)C(C)OC(=O)C(C)Sc1ccc([N+](=O)[O-])cc1. The third-order valence-corrected chi connectivity index (χ3v) is 4.10. The van der Waals surface area contributed by atoms with E-state index in [0.29, 0.717) is 4.90 Å². The third kappa shape index (κ3) is 7.09. The quantitative estimate of drug-likeness (QED) is 0.320. The Hall–Kier alpha value is -2.62. The fourth-order valence-corrected chi connectivity index (χ4v) is 2.59. The van der Waals surface area contributed by atoms with E-state index in [1.807, 2.05) is 0 Å². The van der Waals surface area contributed by atoms with E-state index in [1.54, 1.807) is 20.8 Å². The molecule has 0 spiro atoms. The van der Waals surface area contributed by atoms with Crippen LogP contribution in [0.15, 0.2) is 29.2 Å². The van der Waals surface area contributed by atoms with Crippen LogP contribution < -0.4 is 10.6 Å². The van der Waals surface area contributed by atoms with Crippen LogP contribution in [0.2, 0.25) is 0 Å². The monoisotopic (exact) mass is 383 g/mol. The molecule has 0 saturated heterocycles. The molecular weight excluding hydrogens is 362 g/mol. The van der Waals surface area contributed by atoms with Crippen molar-refractivity contribution in [3.05, 3.63) is 34.4 Å². The van der Waals surface area contributed by atoms with Crippen LogP contribution in [0, 0.1) is 10.1 Å². The summed E-state index contributed by atoms with van der Waals surface area (Å²) in [5, 5.41) is 14.6. The Labute approximate surface area is 155 Å². The predicted molar refractivity (Wildman–Crippen MR) is 95.8 cm³/mol. The Morgan fingerprint density at radius 3 is 2.19 bits per heavy atom. The van der Waals surface area contributed by atoms with E-state index < -0.39 is 34.2 Å². The van der Waals surface area contributed by atoms with Gasteiger partial charge in [0.2, 0.25) is 0 Å². The molecule has 0 aliphatic carbocycles. The summed E-state index contributed by atoms with van der Waals surface area (Å²) in [5.74, 6) is -1.37. The van der Waals surface area contributed by atoms with Gasteiger partial charge in [0.25, 0.3) is 11.6 Å². The van der Waals surface area contributed by atoms with Gasteiger partial charge in [-0.3, -0.25) is 25.0 Å². The Kier molecular flexibility index (Phi) is 8.04. The lowest BCUT2D eigenvalue weighted by atomic mass is 10.3. The van der Waals surface area contributed by atoms with E-state index in [9.17, 15) is 24.5 Å². The van der Waals surface area contributed by atoms with E-state index in [2.05, 4.69) is 10.6 Å². The lowest BCUT2D eigenvalue weighted by molar-refractivity contribution is -0.384. The second kappa shape index (κ2) is 9.76. The first kappa shape index (κ1) is 21.4. The van der Waals surface area contributed by atoms with Crippen molar-refractivity contribution >= 4 is 35.4 Å². The largest absolute Gasteiger partial charge is 0.452 e. The van der Waals surface area contributed by atoms with Gasteiger partial charge in [-0.15, -0.1) is 11.8 Å². The van der Waals surface area contributed by atoms with Gasteiger partial charge in [0.05, 0.1) is 4.92 Å². The number of nitrogens with zero attached hydrogens (tertiary/aromatic N) is 1. The highest BCUT2D eigenvalue weighted by atomic mass is 32.2. The van der Waals surface area contributed by atoms with Gasteiger partial charge < -0.3 is 10.1 Å². The fourth-order valence-electron chi connectivity index (χ4n) is 1.73. The number of thioether (sulfide) groups is 1. The van der Waals surface area contributed by atoms with Gasteiger partial charge >= 0.3 is 12.0 Å². The van der Waals surface area contributed by atoms with Gasteiger partial charge in [-0.05, 0) is 39.8 Å². The fraction of sp³-hybridized carbons (Fsp3) is 0.438. The van der Waals surface area contributed by atoms with Gasteiger partial charge in [0.15, 0.2) is 6.10 Å². The van der Waals surface area contributed by atoms with Crippen LogP contribution in [0.5, 0.6) is 0 Å². The maximum absolute atomic E-state index is 12.1. The van der Waals surface area contributed by atoms with Crippen molar-refractivity contribution in [2.24, 2.45) is 0 Å². The average molecular weight is 383 g/mol. The van der Waals surface area contributed by atoms with Crippen LogP contribution in [0.4, 0.5) is 10.5 Å². The maximum atomic E-state index is 12.1. The van der Waals surface area contributed by atoms with Crippen molar-refractivity contribution < 1.29 is 24.0 Å². The summed E-state index contributed by atoms with van der Waals surface area (Å²) in [6.07, 6.45) is -1.14. The highest BCUT2D eigenvalue weighted by Gasteiger charge is 2.24. The van der Waals surface area contributed by atoms with Crippen molar-refractivity contribution in [1.29, 1.82) is 0 Å². The number of carbonyl (C=O) groups is 3. The summed E-state index contributed by atoms with van der Waals surface area (Å²) in [6, 6.07) is 4.92. The molecule has 1 aromatic rings. The molecule has 26 heavy (non-hydrogen) atoms. The zero-order valence-corrected chi connectivity index (χ0v) is 15.7. The number of esters is 1. The minimum atomic E-state index is -1.14. The van der Waals surface area contributed by atoms with E-state index >= 15 is 0 Å². The molecule has 2 unspecified atom stereocenters. The van der Waals surface area contributed by atoms with Crippen molar-refractivity contribution in [2.75, 3.05) is 0 Å². The second-order valence-corrected chi connectivity index (χ2v) is 7.12. The second-order valence-electron chi connectivity index (χ2n) is 5.71. The number of amides is 3. The van der Waals surface area contributed by atoms with Crippen molar-refractivity contribution in [2.45, 2.75) is 50.0 Å². The number of hydrogen-bond acceptors (Lipinski definition) is 7. The van der Waals surface area contributed by atoms with Crippen LogP contribution in [-0.2, 0) is 14.3 Å². The number of nitrogens with one attached hydrogen (secondary N) is 2. The molecule has 1 aromatic carbocycles. The standard InChI is InChI=1S/C16H21N3O6S/c1-9(2)17-16(22)18-14(20)10(3)25-15(21)11(4)26-13-7-5-12(6-8-13)19(23)24/h5-11H,1-4H3,(H2,17,18,20,22). The van der Waals surface area contributed by atoms with Crippen LogP contribution >= 0.6 is 11.8 Å². The van der Waals surface area contributed by atoms with E-state index in [4.69, 9.17) is 4.74 Å². The molecule has 2 atom stereocenters. The van der Waals surface area contributed by atoms with Crippen molar-refractivity contribution in [1.82, 2.24) is 10.6 Å². The Bertz CT molecular complexity index is 677. The number of nitro benzene ring substituents is 1. The molecule has 2 N–H and O–H groups in total. The molecule has 0 aliphatic rings. The number of urea groups is 1. The smallest absolute Gasteiger partial charge is 0.321 e. The highest BCUT2D eigenvalue weighted by molar-refractivity contribution is 8.00. The van der Waals surface area contributed by atoms with Gasteiger partial charge in [-0.2, -0.15) is 0 Å². The molecule has 0 bridgehead atoms. The number of ether oxygens (including phenoxy) is 1. The molecule has 0 aliphatic heterocycles. The number of hydrogen-bond donors (Lipinski definition) is 2. The lowest BCUT2D eigenvalue weighted by Crippen LogP contribution is -2.46. The molecular formula is C16H21N3O6S. The van der Waals surface area contributed by atoms with Gasteiger partial charge in [-0.1, -0.05) is 0 Å². The lowest BCUT2D eigenvalue weighted by Gasteiger charge is -2.16. The van der Waals surface area contributed by atoms with Gasteiger partial charge in [-0.25, -0.2) is 4.79 Å². The van der Waals surface area contributed by atoms with Gasteiger partial charge in [0.1, 0.15) is 5.25 Å². The molecule has 0 fully saturated rings. The van der Waals surface area contributed by atoms with Gasteiger partial charge in [0, 0.05) is 23.1 Å². The van der Waals surface area contributed by atoms with Crippen LogP contribution in [0.1, 0.15) is 27.7 Å². The molecule has 142 valence electrons. The summed E-state index contributed by atoms with van der Waals surface area (Å²) in [6.45, 7) is 6.43. The molecule has 0 saturated carbocycles. The first-order chi connectivity index (χ1) is 12.1. The predicted octanol–water partition coefficient (Wildman–Crippen LogP) is 2.24. The zero-order chi connectivity index (χ0) is 19.9. The number of benzene rings is 1. The Morgan fingerprint density at radius 1 is 1.12 bits per heavy atom. The highest BCUT2D eigenvalue weighted by Crippen LogP contribution is 2.26. The molecule has 1 rings (SSSR count). The number of rotatable bonds is 7. The van der Waals surface area contributed by atoms with E-state index in [-0.39, 0.29) is 11.7 Å². The number of non-ortho nitro benzene ring substituents is 1. The minimum Gasteiger partial charge on any atom is -0.452 e. The molecule has 0 radical (unpaired) electrons. The first-order valence-electron chi connectivity index (χ1n) is 7.83. The van der Waals surface area contributed by atoms with E-state index in [0.717, 1.165) is 11.8 Å². The van der Waals surface area contributed by atoms with Crippen molar-refractivity contribution in [3.63, 3.8) is 0 Å². The Balaban J connectivity index is 2.53. The minimum absolute atomic E-state index is 0.0467. The van der Waals surface area contributed by atoms with Crippen molar-refractivity contribution in [3.8, 4) is 0 Å². The molecule has 9 nitrogen and oxygen atoms in total. The molecule has 0 aromatic heterocycles. The normalized spacial score (nSPS) is 12.8. The first-order valence-corrected chi connectivity index (χ1v) is 8.71. The summed E-state index contributed by atoms with van der Waals surface area (Å²) < 4.78 is 5.05. The number of carbonyl (C=O) groups excluding carboxylic acids is 3. The van der Waals surface area contributed by atoms with Crippen LogP contribution in [0.25, 0.3) is 0 Å². The van der Waals surface area contributed by atoms with E-state index in [1.165, 1.54) is 31.2 Å². The molecule has 0 heterocycles. The molecule has 10 heteroatoms. The maximum Gasteiger partial charge on any atom is 0.321 e. The summed E-state index contributed by atoms with van der Waals surface area (Å²) >= 11 is 1.14. The number of nitro groups is 1. The van der Waals surface area contributed by atoms with Crippen LogP contribution in [-0.4, -0.2) is 40.2 Å². The summed E-state index contributed by atoms with van der Waals surface area (Å²) in [4.78, 5) is 46.1. The third-order valence-electron chi connectivity index (χ3n) is 3.01. The average Bonchev–Trinajstić information content (AvgIpc) is 2.54. The van der Waals surface area contributed by atoms with Crippen LogP contribution in [0.3, 0.4) is 0 Å². The summed E-state index contributed by atoms with van der Waals surface area (Å²) in [5.41, 5.74) is -0.0467. The Morgan fingerprint density at radius 2 is 1.69 bits per heavy atom. The topological polar surface area (TPSA) is 128 Å².